The molecule has 0 fully saturated rings. The van der Waals surface area contributed by atoms with Crippen LogP contribution in [0.5, 0.6) is 17.2 Å². The first kappa shape index (κ1) is 24.7. The SMILES string of the molecule is CCOc1cc(/C=C(\C#N)c2ccc(Cl)cc2)cc(Br)c1Oc1ccc([N+](=O)[O-])cc1[N+](=O)[O-]. The molecule has 3 aromatic carbocycles. The van der Waals surface area contributed by atoms with Crippen LogP contribution < -0.4 is 9.47 Å². The summed E-state index contributed by atoms with van der Waals surface area (Å²) < 4.78 is 11.8. The minimum atomic E-state index is -0.765. The van der Waals surface area contributed by atoms with Crippen LogP contribution in [-0.2, 0) is 0 Å². The van der Waals surface area contributed by atoms with Gasteiger partial charge in [0.05, 0.1) is 38.6 Å². The zero-order chi connectivity index (χ0) is 24.8. The lowest BCUT2D eigenvalue weighted by Gasteiger charge is -2.14. The summed E-state index contributed by atoms with van der Waals surface area (Å²) in [7, 11) is 0. The molecule has 0 aliphatic heterocycles. The van der Waals surface area contributed by atoms with Gasteiger partial charge in [0.1, 0.15) is 0 Å². The minimum absolute atomic E-state index is 0.140. The van der Waals surface area contributed by atoms with Crippen LogP contribution in [0.4, 0.5) is 11.4 Å². The molecule has 0 aliphatic carbocycles. The predicted octanol–water partition coefficient (Wildman–Crippen LogP) is 7.17. The molecule has 0 unspecified atom stereocenters. The number of hydrogen-bond donors (Lipinski definition) is 0. The maximum Gasteiger partial charge on any atom is 0.318 e. The number of nitro benzene ring substituents is 2. The molecular weight excluding hydrogens is 530 g/mol. The number of non-ortho nitro benzene ring substituents is 1. The Balaban J connectivity index is 2.06. The van der Waals surface area contributed by atoms with Gasteiger partial charge in [0.25, 0.3) is 5.69 Å². The van der Waals surface area contributed by atoms with Gasteiger partial charge in [-0.1, -0.05) is 23.7 Å². The summed E-state index contributed by atoms with van der Waals surface area (Å²) in [5.41, 5.74) is 0.651. The first-order valence-corrected chi connectivity index (χ1v) is 10.8. The average Bonchev–Trinajstić information content (AvgIpc) is 2.80. The lowest BCUT2D eigenvalue weighted by atomic mass is 10.0. The molecule has 34 heavy (non-hydrogen) atoms. The van der Waals surface area contributed by atoms with E-state index in [1.165, 1.54) is 0 Å². The number of nitriles is 1. The molecule has 172 valence electrons. The summed E-state index contributed by atoms with van der Waals surface area (Å²) in [6, 6.07) is 15.3. The Morgan fingerprint density at radius 3 is 2.38 bits per heavy atom. The molecule has 0 bridgehead atoms. The van der Waals surface area contributed by atoms with Crippen LogP contribution in [0.1, 0.15) is 18.1 Å². The quantitative estimate of drug-likeness (QED) is 0.127. The first-order valence-electron chi connectivity index (χ1n) is 9.68. The van der Waals surface area contributed by atoms with E-state index in [0.29, 0.717) is 26.2 Å². The van der Waals surface area contributed by atoms with Crippen LogP contribution in [-0.4, -0.2) is 16.5 Å². The van der Waals surface area contributed by atoms with Crippen LogP contribution >= 0.6 is 27.5 Å². The molecule has 0 aromatic heterocycles. The molecule has 0 amide bonds. The van der Waals surface area contributed by atoms with Gasteiger partial charge in [-0.2, -0.15) is 5.26 Å². The number of nitrogens with zero attached hydrogens (tertiary/aromatic N) is 3. The van der Waals surface area contributed by atoms with E-state index in [9.17, 15) is 25.5 Å². The Morgan fingerprint density at radius 1 is 1.09 bits per heavy atom. The van der Waals surface area contributed by atoms with Crippen LogP contribution in [0.15, 0.2) is 59.1 Å². The van der Waals surface area contributed by atoms with E-state index >= 15 is 0 Å². The van der Waals surface area contributed by atoms with Gasteiger partial charge in [-0.15, -0.1) is 0 Å². The van der Waals surface area contributed by atoms with Crippen molar-refractivity contribution in [2.24, 2.45) is 0 Å². The lowest BCUT2D eigenvalue weighted by molar-refractivity contribution is -0.394. The number of allylic oxidation sites excluding steroid dienone is 1. The monoisotopic (exact) mass is 543 g/mol. The summed E-state index contributed by atoms with van der Waals surface area (Å²) in [6.45, 7) is 2.02. The summed E-state index contributed by atoms with van der Waals surface area (Å²) >= 11 is 9.31. The predicted molar refractivity (Wildman–Crippen MR) is 130 cm³/mol. The van der Waals surface area contributed by atoms with E-state index in [1.807, 2.05) is 0 Å². The highest BCUT2D eigenvalue weighted by Gasteiger charge is 2.23. The van der Waals surface area contributed by atoms with Crippen LogP contribution in [0.2, 0.25) is 5.02 Å². The molecule has 0 radical (unpaired) electrons. The summed E-state index contributed by atoms with van der Waals surface area (Å²) in [5.74, 6) is 0.199. The smallest absolute Gasteiger partial charge is 0.318 e. The number of halogens is 2. The van der Waals surface area contributed by atoms with Crippen molar-refractivity contribution in [2.45, 2.75) is 6.92 Å². The standard InChI is InChI=1S/C23H15BrClN3O6/c1-2-33-22-11-14(9-16(13-26)15-3-5-17(25)6-4-15)10-19(24)23(22)34-21-8-7-18(27(29)30)12-20(21)28(31)32/h3-12H,2H2,1H3/b16-9+. The highest BCUT2D eigenvalue weighted by molar-refractivity contribution is 9.10. The Hall–Kier alpha value is -3.94. The maximum absolute atomic E-state index is 11.5. The summed E-state index contributed by atoms with van der Waals surface area (Å²) in [5, 5.41) is 32.6. The third-order valence-corrected chi connectivity index (χ3v) is 5.32. The van der Waals surface area contributed by atoms with Gasteiger partial charge in [-0.3, -0.25) is 20.2 Å². The van der Waals surface area contributed by atoms with Gasteiger partial charge >= 0.3 is 5.69 Å². The third kappa shape index (κ3) is 5.70. The van der Waals surface area contributed by atoms with Crippen molar-refractivity contribution < 1.29 is 19.3 Å². The molecule has 0 heterocycles. The number of benzene rings is 3. The second-order valence-corrected chi connectivity index (χ2v) is 8.00. The van der Waals surface area contributed by atoms with Gasteiger partial charge in [0, 0.05) is 11.1 Å². The molecule has 0 saturated heterocycles. The lowest BCUT2D eigenvalue weighted by Crippen LogP contribution is -1.99. The van der Waals surface area contributed by atoms with E-state index in [4.69, 9.17) is 21.1 Å². The Kier molecular flexibility index (Phi) is 7.83. The molecule has 0 saturated carbocycles. The largest absolute Gasteiger partial charge is 0.490 e. The second kappa shape index (κ2) is 10.8. The van der Waals surface area contributed by atoms with Crippen LogP contribution in [0, 0.1) is 31.6 Å². The van der Waals surface area contributed by atoms with Crippen molar-refractivity contribution in [3.05, 3.63) is 95.4 Å². The van der Waals surface area contributed by atoms with Crippen molar-refractivity contribution in [1.29, 1.82) is 5.26 Å². The number of rotatable bonds is 8. The molecule has 3 aromatic rings. The maximum atomic E-state index is 11.5. The van der Waals surface area contributed by atoms with Crippen molar-refractivity contribution in [2.75, 3.05) is 6.61 Å². The zero-order valence-corrected chi connectivity index (χ0v) is 19.9. The minimum Gasteiger partial charge on any atom is -0.490 e. The molecule has 0 aliphatic rings. The fourth-order valence-electron chi connectivity index (χ4n) is 2.97. The Morgan fingerprint density at radius 2 is 1.79 bits per heavy atom. The molecule has 3 rings (SSSR count). The molecule has 0 N–H and O–H groups in total. The van der Waals surface area contributed by atoms with Crippen molar-refractivity contribution >= 4 is 50.6 Å². The van der Waals surface area contributed by atoms with E-state index in [1.54, 1.807) is 49.4 Å². The number of hydrogen-bond acceptors (Lipinski definition) is 7. The highest BCUT2D eigenvalue weighted by atomic mass is 79.9. The zero-order valence-electron chi connectivity index (χ0n) is 17.5. The molecule has 9 nitrogen and oxygen atoms in total. The van der Waals surface area contributed by atoms with Crippen LogP contribution in [0.25, 0.3) is 11.6 Å². The molecule has 0 atom stereocenters. The van der Waals surface area contributed by atoms with E-state index in [-0.39, 0.29) is 23.9 Å². The Bertz CT molecular complexity index is 1340. The normalized spacial score (nSPS) is 10.9. The van der Waals surface area contributed by atoms with Crippen molar-refractivity contribution in [1.82, 2.24) is 0 Å². The van der Waals surface area contributed by atoms with E-state index in [2.05, 4.69) is 22.0 Å². The third-order valence-electron chi connectivity index (χ3n) is 4.48. The molecule has 11 heteroatoms. The highest BCUT2D eigenvalue weighted by Crippen LogP contribution is 2.43. The van der Waals surface area contributed by atoms with Gasteiger partial charge in [-0.25, -0.2) is 0 Å². The molecule has 0 spiro atoms. The summed E-state index contributed by atoms with van der Waals surface area (Å²) in [6.07, 6.45) is 1.65. The second-order valence-electron chi connectivity index (χ2n) is 6.71. The first-order chi connectivity index (χ1) is 16.2. The van der Waals surface area contributed by atoms with E-state index < -0.39 is 21.2 Å². The van der Waals surface area contributed by atoms with Gasteiger partial charge in [0.15, 0.2) is 11.5 Å². The fraction of sp³-hybridized carbons (Fsp3) is 0.0870. The summed E-state index contributed by atoms with van der Waals surface area (Å²) in [4.78, 5) is 21.0. The Labute approximate surface area is 207 Å². The topological polar surface area (TPSA) is 129 Å². The van der Waals surface area contributed by atoms with E-state index in [0.717, 1.165) is 18.2 Å². The number of nitro groups is 2. The van der Waals surface area contributed by atoms with Crippen LogP contribution in [0.3, 0.4) is 0 Å². The average molecular weight is 545 g/mol. The fourth-order valence-corrected chi connectivity index (χ4v) is 3.63. The van der Waals surface area contributed by atoms with Gasteiger partial charge in [-0.05, 0) is 70.4 Å². The molecular formula is C23H15BrClN3O6. The van der Waals surface area contributed by atoms with Gasteiger partial charge in [0.2, 0.25) is 5.75 Å². The number of ether oxygens (including phenoxy) is 2. The van der Waals surface area contributed by atoms with Crippen molar-refractivity contribution in [3.63, 3.8) is 0 Å². The van der Waals surface area contributed by atoms with Gasteiger partial charge < -0.3 is 9.47 Å². The van der Waals surface area contributed by atoms with Crippen molar-refractivity contribution in [3.8, 4) is 23.3 Å².